The molecule has 0 unspecified atom stereocenters. The molecule has 1 aliphatic heterocycles. The number of rotatable bonds is 4. The minimum absolute atomic E-state index is 0.239. The second kappa shape index (κ2) is 6.67. The van der Waals surface area contributed by atoms with Crippen LogP contribution in [0, 0.1) is 6.92 Å². The Bertz CT molecular complexity index is 892. The zero-order valence-corrected chi connectivity index (χ0v) is 14.5. The van der Waals surface area contributed by atoms with E-state index < -0.39 is 0 Å². The second-order valence-corrected chi connectivity index (χ2v) is 6.62. The van der Waals surface area contributed by atoms with Gasteiger partial charge in [-0.05, 0) is 50.1 Å². The van der Waals surface area contributed by atoms with Crippen LogP contribution in [0.5, 0.6) is 0 Å². The molecule has 128 valence electrons. The van der Waals surface area contributed by atoms with E-state index in [4.69, 9.17) is 0 Å². The molecule has 5 nitrogen and oxygen atoms in total. The fourth-order valence-corrected chi connectivity index (χ4v) is 3.50. The van der Waals surface area contributed by atoms with Crippen LogP contribution in [0.3, 0.4) is 0 Å². The molecule has 1 fully saturated rings. The smallest absolute Gasteiger partial charge is 0.224 e. The zero-order valence-electron chi connectivity index (χ0n) is 14.5. The van der Waals surface area contributed by atoms with Crippen molar-refractivity contribution in [2.24, 2.45) is 0 Å². The summed E-state index contributed by atoms with van der Waals surface area (Å²) in [5.41, 5.74) is 4.04. The summed E-state index contributed by atoms with van der Waals surface area (Å²) in [7, 11) is 0. The van der Waals surface area contributed by atoms with Gasteiger partial charge in [0.25, 0.3) is 0 Å². The molecule has 0 N–H and O–H groups in total. The second-order valence-electron chi connectivity index (χ2n) is 6.62. The van der Waals surface area contributed by atoms with E-state index in [1.54, 1.807) is 6.20 Å². The van der Waals surface area contributed by atoms with Crippen LogP contribution in [0.15, 0.2) is 42.7 Å². The first-order chi connectivity index (χ1) is 12.2. The minimum atomic E-state index is 0.239. The third kappa shape index (κ3) is 3.14. The zero-order chi connectivity index (χ0) is 17.2. The molecule has 25 heavy (non-hydrogen) atoms. The third-order valence-corrected chi connectivity index (χ3v) is 4.87. The van der Waals surface area contributed by atoms with E-state index in [9.17, 15) is 4.79 Å². The van der Waals surface area contributed by atoms with Crippen LogP contribution in [0.1, 0.15) is 25.0 Å². The molecule has 5 heteroatoms. The highest BCUT2D eigenvalue weighted by molar-refractivity contribution is 5.84. The maximum atomic E-state index is 12.4. The largest absolute Gasteiger partial charge is 0.343 e. The van der Waals surface area contributed by atoms with Crippen molar-refractivity contribution in [3.8, 4) is 11.3 Å². The molecule has 0 aliphatic carbocycles. The summed E-state index contributed by atoms with van der Waals surface area (Å²) >= 11 is 0. The van der Waals surface area contributed by atoms with Crippen molar-refractivity contribution in [1.29, 1.82) is 0 Å². The number of nitrogens with zero attached hydrogens (tertiary/aromatic N) is 4. The number of pyridine rings is 2. The van der Waals surface area contributed by atoms with E-state index in [1.807, 2.05) is 30.2 Å². The summed E-state index contributed by atoms with van der Waals surface area (Å²) in [5, 5.41) is 1.09. The Morgan fingerprint density at radius 2 is 2.00 bits per heavy atom. The van der Waals surface area contributed by atoms with Gasteiger partial charge in [-0.3, -0.25) is 9.78 Å². The normalized spacial score (nSPS) is 14.4. The monoisotopic (exact) mass is 334 g/mol. The highest BCUT2D eigenvalue weighted by Gasteiger charge is 2.19. The number of amides is 1. The van der Waals surface area contributed by atoms with Crippen molar-refractivity contribution in [3.05, 3.63) is 48.4 Å². The Hall–Kier alpha value is -2.69. The Kier molecular flexibility index (Phi) is 4.22. The summed E-state index contributed by atoms with van der Waals surface area (Å²) in [6, 6.07) is 10.2. The molecule has 0 spiro atoms. The Labute approximate surface area is 147 Å². The predicted octanol–water partition coefficient (Wildman–Crippen LogP) is 3.42. The first-order valence-electron chi connectivity index (χ1n) is 8.87. The van der Waals surface area contributed by atoms with Crippen LogP contribution in [-0.2, 0) is 11.3 Å². The maximum absolute atomic E-state index is 12.4. The lowest BCUT2D eigenvalue weighted by molar-refractivity contribution is -0.130. The Morgan fingerprint density at radius 3 is 2.76 bits per heavy atom. The van der Waals surface area contributed by atoms with Crippen molar-refractivity contribution in [3.63, 3.8) is 0 Å². The summed E-state index contributed by atoms with van der Waals surface area (Å²) in [6.45, 7) is 4.42. The highest BCUT2D eigenvalue weighted by atomic mass is 16.2. The lowest BCUT2D eigenvalue weighted by Crippen LogP contribution is -2.28. The molecule has 3 aromatic heterocycles. The van der Waals surface area contributed by atoms with Gasteiger partial charge in [0, 0.05) is 55.1 Å². The Balaban J connectivity index is 1.67. The van der Waals surface area contributed by atoms with Gasteiger partial charge in [0.05, 0.1) is 5.69 Å². The van der Waals surface area contributed by atoms with Gasteiger partial charge in [-0.1, -0.05) is 0 Å². The van der Waals surface area contributed by atoms with Gasteiger partial charge in [0.15, 0.2) is 0 Å². The van der Waals surface area contributed by atoms with Gasteiger partial charge < -0.3 is 9.47 Å². The average Bonchev–Trinajstić information content (AvgIpc) is 3.28. The quantitative estimate of drug-likeness (QED) is 0.734. The molecular formula is C20H22N4O. The van der Waals surface area contributed by atoms with Crippen LogP contribution < -0.4 is 0 Å². The number of fused-ring (bicyclic) bond motifs is 1. The average molecular weight is 334 g/mol. The Morgan fingerprint density at radius 1 is 1.16 bits per heavy atom. The molecule has 4 rings (SSSR count). The van der Waals surface area contributed by atoms with E-state index in [1.165, 1.54) is 0 Å². The van der Waals surface area contributed by atoms with Gasteiger partial charge in [0.2, 0.25) is 5.91 Å². The standard InChI is InChI=1S/C20H22N4O/c1-15-6-7-17(14-22-15)18-13-16-5-4-9-21-20(16)24(18)12-8-19(25)23-10-2-3-11-23/h4-7,9,13-14H,2-3,8,10-12H2,1H3. The van der Waals surface area contributed by atoms with E-state index in [2.05, 4.69) is 32.7 Å². The minimum Gasteiger partial charge on any atom is -0.343 e. The molecule has 4 heterocycles. The summed E-state index contributed by atoms with van der Waals surface area (Å²) in [6.07, 6.45) is 6.45. The topological polar surface area (TPSA) is 51.0 Å². The van der Waals surface area contributed by atoms with E-state index in [-0.39, 0.29) is 5.91 Å². The predicted molar refractivity (Wildman–Crippen MR) is 98.1 cm³/mol. The lowest BCUT2D eigenvalue weighted by atomic mass is 10.2. The van der Waals surface area contributed by atoms with E-state index in [0.717, 1.165) is 53.9 Å². The number of aryl methyl sites for hydroxylation is 2. The van der Waals surface area contributed by atoms with Gasteiger partial charge in [0.1, 0.15) is 5.65 Å². The van der Waals surface area contributed by atoms with Crippen LogP contribution in [0.4, 0.5) is 0 Å². The van der Waals surface area contributed by atoms with Gasteiger partial charge >= 0.3 is 0 Å². The number of likely N-dealkylation sites (tertiary alicyclic amines) is 1. The summed E-state index contributed by atoms with van der Waals surface area (Å²) in [5.74, 6) is 0.239. The van der Waals surface area contributed by atoms with Gasteiger partial charge in [-0.15, -0.1) is 0 Å². The van der Waals surface area contributed by atoms with Gasteiger partial charge in [-0.2, -0.15) is 0 Å². The van der Waals surface area contributed by atoms with Crippen LogP contribution >= 0.6 is 0 Å². The molecule has 1 saturated heterocycles. The van der Waals surface area contributed by atoms with Crippen molar-refractivity contribution >= 4 is 16.9 Å². The van der Waals surface area contributed by atoms with Crippen LogP contribution in [0.25, 0.3) is 22.3 Å². The van der Waals surface area contributed by atoms with Crippen molar-refractivity contribution < 1.29 is 4.79 Å². The molecule has 0 radical (unpaired) electrons. The van der Waals surface area contributed by atoms with E-state index >= 15 is 0 Å². The number of hydrogen-bond acceptors (Lipinski definition) is 3. The molecule has 1 aliphatic rings. The van der Waals surface area contributed by atoms with Crippen molar-refractivity contribution in [2.45, 2.75) is 32.7 Å². The van der Waals surface area contributed by atoms with E-state index in [0.29, 0.717) is 13.0 Å². The third-order valence-electron chi connectivity index (χ3n) is 4.87. The summed E-state index contributed by atoms with van der Waals surface area (Å²) < 4.78 is 2.15. The van der Waals surface area contributed by atoms with Gasteiger partial charge in [-0.25, -0.2) is 4.98 Å². The molecule has 1 amide bonds. The lowest BCUT2D eigenvalue weighted by Gasteiger charge is -2.16. The first kappa shape index (κ1) is 15.8. The molecular weight excluding hydrogens is 312 g/mol. The summed E-state index contributed by atoms with van der Waals surface area (Å²) in [4.78, 5) is 23.4. The fraction of sp³-hybridized carbons (Fsp3) is 0.350. The molecule has 0 aromatic carbocycles. The van der Waals surface area contributed by atoms with Crippen LogP contribution in [-0.4, -0.2) is 38.4 Å². The number of hydrogen-bond donors (Lipinski definition) is 0. The molecule has 0 bridgehead atoms. The number of carbonyl (C=O) groups is 1. The first-order valence-corrected chi connectivity index (χ1v) is 8.87. The number of aromatic nitrogens is 3. The molecule has 0 saturated carbocycles. The molecule has 3 aromatic rings. The number of carbonyl (C=O) groups excluding carboxylic acids is 1. The van der Waals surface area contributed by atoms with Crippen LogP contribution in [0.2, 0.25) is 0 Å². The SMILES string of the molecule is Cc1ccc(-c2cc3cccnc3n2CCC(=O)N2CCCC2)cn1. The highest BCUT2D eigenvalue weighted by Crippen LogP contribution is 2.27. The fourth-order valence-electron chi connectivity index (χ4n) is 3.50. The van der Waals surface area contributed by atoms with Crippen molar-refractivity contribution in [1.82, 2.24) is 19.4 Å². The molecule has 0 atom stereocenters. The van der Waals surface area contributed by atoms with Crippen molar-refractivity contribution in [2.75, 3.05) is 13.1 Å². The maximum Gasteiger partial charge on any atom is 0.224 e.